The zero-order valence-corrected chi connectivity index (χ0v) is 6.62. The summed E-state index contributed by atoms with van der Waals surface area (Å²) in [6, 6.07) is 3.03. The molecule has 1 aromatic rings. The lowest BCUT2D eigenvalue weighted by Crippen LogP contribution is -2.14. The molecule has 1 atom stereocenters. The predicted octanol–water partition coefficient (Wildman–Crippen LogP) is 0.727. The summed E-state index contributed by atoms with van der Waals surface area (Å²) < 4.78 is 0. The lowest BCUT2D eigenvalue weighted by Gasteiger charge is -2.06. The van der Waals surface area contributed by atoms with Crippen LogP contribution >= 0.6 is 11.6 Å². The van der Waals surface area contributed by atoms with Gasteiger partial charge in [-0.1, -0.05) is 17.7 Å². The Hall–Kier alpha value is -0.640. The van der Waals surface area contributed by atoms with Crippen molar-refractivity contribution >= 4 is 11.6 Å². The van der Waals surface area contributed by atoms with Crippen LogP contribution in [0.1, 0.15) is 11.6 Å². The molecule has 0 spiro atoms. The highest BCUT2D eigenvalue weighted by molar-refractivity contribution is 6.29. The number of pyridine rings is 1. The highest BCUT2D eigenvalue weighted by Crippen LogP contribution is 2.10. The maximum absolute atomic E-state index is 8.67. The fraction of sp³-hybridized carbons (Fsp3) is 0.286. The van der Waals surface area contributed by atoms with Gasteiger partial charge in [0.05, 0.1) is 12.6 Å². The van der Waals surface area contributed by atoms with Crippen LogP contribution in [0.15, 0.2) is 18.3 Å². The van der Waals surface area contributed by atoms with Gasteiger partial charge >= 0.3 is 0 Å². The van der Waals surface area contributed by atoms with Crippen molar-refractivity contribution in [2.75, 3.05) is 6.61 Å². The molecular weight excluding hydrogens is 164 g/mol. The molecule has 1 aromatic heterocycles. The summed E-state index contributed by atoms with van der Waals surface area (Å²) >= 11 is 5.55. The maximum atomic E-state index is 8.67. The van der Waals surface area contributed by atoms with Gasteiger partial charge in [0, 0.05) is 6.20 Å². The van der Waals surface area contributed by atoms with Crippen LogP contribution in [0.25, 0.3) is 0 Å². The molecule has 1 heterocycles. The molecule has 1 unspecified atom stereocenters. The average molecular weight is 173 g/mol. The third kappa shape index (κ3) is 2.15. The molecule has 0 aliphatic rings. The van der Waals surface area contributed by atoms with Crippen LogP contribution in [0.2, 0.25) is 5.15 Å². The molecule has 4 heteroatoms. The molecule has 0 aliphatic heterocycles. The van der Waals surface area contributed by atoms with Crippen molar-refractivity contribution in [2.24, 2.45) is 5.73 Å². The van der Waals surface area contributed by atoms with Gasteiger partial charge in [0.25, 0.3) is 0 Å². The summed E-state index contributed by atoms with van der Waals surface area (Å²) in [6.45, 7) is -0.0800. The first kappa shape index (κ1) is 8.46. The van der Waals surface area contributed by atoms with Gasteiger partial charge in [0.1, 0.15) is 5.15 Å². The van der Waals surface area contributed by atoms with Crippen molar-refractivity contribution in [1.82, 2.24) is 4.98 Å². The Morgan fingerprint density at radius 2 is 2.36 bits per heavy atom. The van der Waals surface area contributed by atoms with Crippen LogP contribution in [-0.4, -0.2) is 16.7 Å². The van der Waals surface area contributed by atoms with Gasteiger partial charge in [-0.3, -0.25) is 0 Å². The summed E-state index contributed by atoms with van der Waals surface area (Å²) in [5.74, 6) is 0. The van der Waals surface area contributed by atoms with Gasteiger partial charge in [-0.15, -0.1) is 0 Å². The van der Waals surface area contributed by atoms with E-state index in [9.17, 15) is 0 Å². The van der Waals surface area contributed by atoms with E-state index in [4.69, 9.17) is 22.4 Å². The minimum absolute atomic E-state index is 0.0800. The number of aliphatic hydroxyl groups is 1. The second-order valence-electron chi connectivity index (χ2n) is 2.20. The number of halogens is 1. The third-order valence-electron chi connectivity index (χ3n) is 1.38. The zero-order valence-electron chi connectivity index (χ0n) is 5.87. The smallest absolute Gasteiger partial charge is 0.129 e. The highest BCUT2D eigenvalue weighted by atomic mass is 35.5. The average Bonchev–Trinajstić information content (AvgIpc) is 2.05. The van der Waals surface area contributed by atoms with E-state index in [1.165, 1.54) is 0 Å². The first-order valence-electron chi connectivity index (χ1n) is 3.22. The van der Waals surface area contributed by atoms with Gasteiger partial charge in [0.2, 0.25) is 0 Å². The molecule has 0 saturated carbocycles. The van der Waals surface area contributed by atoms with E-state index >= 15 is 0 Å². The SMILES string of the molecule is NC(CO)c1ccc(Cl)nc1. The first-order valence-corrected chi connectivity index (χ1v) is 3.59. The fourth-order valence-corrected chi connectivity index (χ4v) is 0.824. The Balaban J connectivity index is 2.81. The number of hydrogen-bond acceptors (Lipinski definition) is 3. The van der Waals surface area contributed by atoms with E-state index in [0.717, 1.165) is 5.56 Å². The van der Waals surface area contributed by atoms with E-state index in [2.05, 4.69) is 4.98 Å². The monoisotopic (exact) mass is 172 g/mol. The van der Waals surface area contributed by atoms with Gasteiger partial charge in [-0.2, -0.15) is 0 Å². The summed E-state index contributed by atoms with van der Waals surface area (Å²) in [5, 5.41) is 9.10. The zero-order chi connectivity index (χ0) is 8.27. The van der Waals surface area contributed by atoms with Crippen molar-refractivity contribution in [2.45, 2.75) is 6.04 Å². The Kier molecular flexibility index (Phi) is 2.82. The molecule has 0 saturated heterocycles. The number of aromatic nitrogens is 1. The quantitative estimate of drug-likeness (QED) is 0.647. The number of nitrogens with zero attached hydrogens (tertiary/aromatic N) is 1. The first-order chi connectivity index (χ1) is 5.24. The minimum Gasteiger partial charge on any atom is -0.394 e. The third-order valence-corrected chi connectivity index (χ3v) is 1.60. The van der Waals surface area contributed by atoms with E-state index in [-0.39, 0.29) is 12.6 Å². The number of rotatable bonds is 2. The Morgan fingerprint density at radius 3 is 2.82 bits per heavy atom. The molecule has 11 heavy (non-hydrogen) atoms. The molecule has 0 bridgehead atoms. The van der Waals surface area contributed by atoms with Crippen LogP contribution in [-0.2, 0) is 0 Å². The number of nitrogens with two attached hydrogens (primary N) is 1. The molecule has 3 nitrogen and oxygen atoms in total. The molecule has 0 fully saturated rings. The van der Waals surface area contributed by atoms with Crippen LogP contribution in [0, 0.1) is 0 Å². The van der Waals surface area contributed by atoms with Gasteiger partial charge < -0.3 is 10.8 Å². The molecule has 0 radical (unpaired) electrons. The van der Waals surface area contributed by atoms with Crippen molar-refractivity contribution in [3.05, 3.63) is 29.0 Å². The molecule has 60 valence electrons. The van der Waals surface area contributed by atoms with E-state index in [1.54, 1.807) is 18.3 Å². The lowest BCUT2D eigenvalue weighted by molar-refractivity contribution is 0.268. The van der Waals surface area contributed by atoms with E-state index in [1.807, 2.05) is 0 Å². The number of hydrogen-bond donors (Lipinski definition) is 2. The second-order valence-corrected chi connectivity index (χ2v) is 2.59. The molecule has 3 N–H and O–H groups in total. The Labute approximate surface area is 69.8 Å². The normalized spacial score (nSPS) is 13.0. The predicted molar refractivity (Wildman–Crippen MR) is 43.3 cm³/mol. The summed E-state index contributed by atoms with van der Waals surface area (Å²) in [6.07, 6.45) is 1.56. The second kappa shape index (κ2) is 3.67. The Morgan fingerprint density at radius 1 is 1.64 bits per heavy atom. The van der Waals surface area contributed by atoms with Crippen LogP contribution in [0.5, 0.6) is 0 Å². The van der Waals surface area contributed by atoms with Crippen molar-refractivity contribution < 1.29 is 5.11 Å². The standard InChI is InChI=1S/C7H9ClN2O/c8-7-2-1-5(3-10-7)6(9)4-11/h1-3,6,11H,4,9H2. The van der Waals surface area contributed by atoms with E-state index in [0.29, 0.717) is 5.15 Å². The largest absolute Gasteiger partial charge is 0.394 e. The van der Waals surface area contributed by atoms with Crippen molar-refractivity contribution in [3.63, 3.8) is 0 Å². The summed E-state index contributed by atoms with van der Waals surface area (Å²) in [5.41, 5.74) is 6.30. The minimum atomic E-state index is -0.361. The van der Waals surface area contributed by atoms with E-state index < -0.39 is 0 Å². The number of aliphatic hydroxyl groups excluding tert-OH is 1. The van der Waals surface area contributed by atoms with Gasteiger partial charge in [0.15, 0.2) is 0 Å². The van der Waals surface area contributed by atoms with Crippen LogP contribution < -0.4 is 5.73 Å². The maximum Gasteiger partial charge on any atom is 0.129 e. The Bertz CT molecular complexity index is 224. The molecule has 1 rings (SSSR count). The lowest BCUT2D eigenvalue weighted by atomic mass is 10.1. The summed E-state index contributed by atoms with van der Waals surface area (Å²) in [7, 11) is 0. The fourth-order valence-electron chi connectivity index (χ4n) is 0.712. The van der Waals surface area contributed by atoms with Gasteiger partial charge in [-0.05, 0) is 11.6 Å². The molecular formula is C7H9ClN2O. The molecule has 0 aliphatic carbocycles. The summed E-state index contributed by atoms with van der Waals surface area (Å²) in [4.78, 5) is 3.82. The molecule has 0 amide bonds. The molecule has 0 aromatic carbocycles. The highest BCUT2D eigenvalue weighted by Gasteiger charge is 2.02. The van der Waals surface area contributed by atoms with Crippen molar-refractivity contribution in [1.29, 1.82) is 0 Å². The van der Waals surface area contributed by atoms with Crippen molar-refractivity contribution in [3.8, 4) is 0 Å². The van der Waals surface area contributed by atoms with Crippen LogP contribution in [0.4, 0.5) is 0 Å². The van der Waals surface area contributed by atoms with Crippen LogP contribution in [0.3, 0.4) is 0 Å². The van der Waals surface area contributed by atoms with Gasteiger partial charge in [-0.25, -0.2) is 4.98 Å². The topological polar surface area (TPSA) is 59.1 Å².